The number of aromatic carboxylic acids is 1. The maximum absolute atomic E-state index is 11.3. The molecule has 2 aromatic carbocycles. The number of carbonyl (C=O) groups is 1. The van der Waals surface area contributed by atoms with Crippen molar-refractivity contribution < 1.29 is 14.6 Å². The number of hydrogen-bond donors (Lipinski definition) is 3. The summed E-state index contributed by atoms with van der Waals surface area (Å²) in [6.07, 6.45) is 1.40. The molecule has 3 N–H and O–H groups in total. The van der Waals surface area contributed by atoms with E-state index in [2.05, 4.69) is 20.6 Å². The Hall–Kier alpha value is -3.61. The van der Waals surface area contributed by atoms with Crippen LogP contribution >= 0.6 is 0 Å². The molecule has 0 saturated carbocycles. The van der Waals surface area contributed by atoms with Gasteiger partial charge in [0.2, 0.25) is 0 Å². The fraction of sp³-hybridized carbons (Fsp3) is 0.0556. The molecule has 3 aromatic rings. The van der Waals surface area contributed by atoms with E-state index in [0.29, 0.717) is 17.3 Å². The van der Waals surface area contributed by atoms with Gasteiger partial charge >= 0.3 is 5.97 Å². The van der Waals surface area contributed by atoms with E-state index in [1.807, 2.05) is 24.3 Å². The van der Waals surface area contributed by atoms with Crippen LogP contribution in [0.25, 0.3) is 0 Å². The summed E-state index contributed by atoms with van der Waals surface area (Å²) < 4.78 is 5.19. The van der Waals surface area contributed by atoms with Gasteiger partial charge in [0, 0.05) is 17.8 Å². The number of carboxylic acids is 1. The average molecular weight is 336 g/mol. The SMILES string of the molecule is COc1cccc(Nc2cc(Nc3ccccc3C(=O)O)ncn2)c1. The molecule has 0 radical (unpaired) electrons. The number of nitrogens with zero attached hydrogens (tertiary/aromatic N) is 2. The van der Waals surface area contributed by atoms with Crippen LogP contribution in [0.5, 0.6) is 5.75 Å². The number of nitrogens with one attached hydrogen (secondary N) is 2. The van der Waals surface area contributed by atoms with Gasteiger partial charge in [-0.3, -0.25) is 0 Å². The Morgan fingerprint density at radius 2 is 1.76 bits per heavy atom. The summed E-state index contributed by atoms with van der Waals surface area (Å²) in [4.78, 5) is 19.6. The van der Waals surface area contributed by atoms with Crippen LogP contribution in [-0.2, 0) is 0 Å². The Bertz CT molecular complexity index is 899. The lowest BCUT2D eigenvalue weighted by molar-refractivity contribution is 0.0698. The maximum Gasteiger partial charge on any atom is 0.337 e. The van der Waals surface area contributed by atoms with Crippen molar-refractivity contribution in [3.05, 3.63) is 66.5 Å². The van der Waals surface area contributed by atoms with Gasteiger partial charge in [-0.1, -0.05) is 18.2 Å². The van der Waals surface area contributed by atoms with Crippen LogP contribution < -0.4 is 15.4 Å². The summed E-state index contributed by atoms with van der Waals surface area (Å²) in [7, 11) is 1.60. The van der Waals surface area contributed by atoms with E-state index in [1.165, 1.54) is 12.4 Å². The van der Waals surface area contributed by atoms with Crippen LogP contribution in [0.15, 0.2) is 60.9 Å². The number of para-hydroxylation sites is 1. The Kier molecular flexibility index (Phi) is 4.75. The number of methoxy groups -OCH3 is 1. The number of anilines is 4. The molecular weight excluding hydrogens is 320 g/mol. The first-order valence-electron chi connectivity index (χ1n) is 7.48. The Balaban J connectivity index is 1.81. The van der Waals surface area contributed by atoms with Crippen molar-refractivity contribution in [1.29, 1.82) is 0 Å². The van der Waals surface area contributed by atoms with E-state index >= 15 is 0 Å². The predicted octanol–water partition coefficient (Wildman–Crippen LogP) is 3.67. The highest BCUT2D eigenvalue weighted by Gasteiger charge is 2.10. The highest BCUT2D eigenvalue weighted by atomic mass is 16.5. The summed E-state index contributed by atoms with van der Waals surface area (Å²) in [5, 5.41) is 15.4. The smallest absolute Gasteiger partial charge is 0.337 e. The molecule has 0 spiro atoms. The quantitative estimate of drug-likeness (QED) is 0.632. The summed E-state index contributed by atoms with van der Waals surface area (Å²) in [5.74, 6) is 0.771. The van der Waals surface area contributed by atoms with Crippen molar-refractivity contribution in [1.82, 2.24) is 9.97 Å². The molecular formula is C18H16N4O3. The van der Waals surface area contributed by atoms with Crippen LogP contribution in [0.3, 0.4) is 0 Å². The second-order valence-electron chi connectivity index (χ2n) is 5.12. The Morgan fingerprint density at radius 1 is 1.00 bits per heavy atom. The van der Waals surface area contributed by atoms with E-state index in [0.717, 1.165) is 11.4 Å². The third-order valence-electron chi connectivity index (χ3n) is 3.43. The molecule has 0 amide bonds. The second-order valence-corrected chi connectivity index (χ2v) is 5.12. The maximum atomic E-state index is 11.3. The van der Waals surface area contributed by atoms with Crippen LogP contribution in [0.2, 0.25) is 0 Å². The first-order chi connectivity index (χ1) is 12.2. The van der Waals surface area contributed by atoms with Gasteiger partial charge in [-0.15, -0.1) is 0 Å². The molecule has 0 bridgehead atoms. The zero-order valence-electron chi connectivity index (χ0n) is 13.4. The average Bonchev–Trinajstić information content (AvgIpc) is 2.62. The molecule has 0 atom stereocenters. The minimum absolute atomic E-state index is 0.170. The monoisotopic (exact) mass is 336 g/mol. The summed E-state index contributed by atoms with van der Waals surface area (Å²) in [5.41, 5.74) is 1.44. The molecule has 0 unspecified atom stereocenters. The van der Waals surface area contributed by atoms with Crippen LogP contribution in [0, 0.1) is 0 Å². The van der Waals surface area contributed by atoms with E-state index in [-0.39, 0.29) is 5.56 Å². The summed E-state index contributed by atoms with van der Waals surface area (Å²) >= 11 is 0. The van der Waals surface area contributed by atoms with Crippen molar-refractivity contribution >= 4 is 29.0 Å². The standard InChI is InChI=1S/C18H16N4O3/c1-25-13-6-4-5-12(9-13)21-16-10-17(20-11-19-16)22-15-8-3-2-7-14(15)18(23)24/h2-11H,1H3,(H,23,24)(H2,19,20,21,22). The zero-order valence-corrected chi connectivity index (χ0v) is 13.4. The third kappa shape index (κ3) is 4.03. The highest BCUT2D eigenvalue weighted by Crippen LogP contribution is 2.23. The van der Waals surface area contributed by atoms with Gasteiger partial charge in [0.05, 0.1) is 18.4 Å². The molecule has 7 nitrogen and oxygen atoms in total. The summed E-state index contributed by atoms with van der Waals surface area (Å²) in [6.45, 7) is 0. The first-order valence-corrected chi connectivity index (χ1v) is 7.48. The van der Waals surface area contributed by atoms with E-state index in [1.54, 1.807) is 31.4 Å². The lowest BCUT2D eigenvalue weighted by Crippen LogP contribution is -2.04. The van der Waals surface area contributed by atoms with Crippen molar-refractivity contribution in [2.24, 2.45) is 0 Å². The van der Waals surface area contributed by atoms with Crippen molar-refractivity contribution in [2.45, 2.75) is 0 Å². The molecule has 0 aliphatic carbocycles. The molecule has 7 heteroatoms. The number of carboxylic acid groups (broad SMARTS) is 1. The molecule has 0 saturated heterocycles. The van der Waals surface area contributed by atoms with E-state index in [4.69, 9.17) is 4.74 Å². The first kappa shape index (κ1) is 16.3. The molecule has 126 valence electrons. The summed E-state index contributed by atoms with van der Waals surface area (Å²) in [6, 6.07) is 15.8. The van der Waals surface area contributed by atoms with Crippen molar-refractivity contribution in [3.63, 3.8) is 0 Å². The Labute approximate surface area is 144 Å². The van der Waals surface area contributed by atoms with Crippen molar-refractivity contribution in [2.75, 3.05) is 17.7 Å². The van der Waals surface area contributed by atoms with Crippen molar-refractivity contribution in [3.8, 4) is 5.75 Å². The minimum atomic E-state index is -1.01. The Morgan fingerprint density at radius 3 is 2.52 bits per heavy atom. The van der Waals surface area contributed by atoms with Gasteiger partial charge in [-0.05, 0) is 24.3 Å². The molecule has 0 aliphatic rings. The van der Waals surface area contributed by atoms with Gasteiger partial charge in [-0.2, -0.15) is 0 Å². The lowest BCUT2D eigenvalue weighted by Gasteiger charge is -2.11. The third-order valence-corrected chi connectivity index (χ3v) is 3.43. The number of hydrogen-bond acceptors (Lipinski definition) is 6. The number of ether oxygens (including phenoxy) is 1. The molecule has 1 heterocycles. The molecule has 0 fully saturated rings. The van der Waals surface area contributed by atoms with Crippen LogP contribution in [0.1, 0.15) is 10.4 Å². The van der Waals surface area contributed by atoms with Crippen LogP contribution in [0.4, 0.5) is 23.0 Å². The lowest BCUT2D eigenvalue weighted by atomic mass is 10.2. The number of rotatable bonds is 6. The van der Waals surface area contributed by atoms with Gasteiger partial charge in [-0.25, -0.2) is 14.8 Å². The fourth-order valence-corrected chi connectivity index (χ4v) is 2.26. The minimum Gasteiger partial charge on any atom is -0.497 e. The zero-order chi connectivity index (χ0) is 17.6. The topological polar surface area (TPSA) is 96.4 Å². The van der Waals surface area contributed by atoms with Crippen LogP contribution in [-0.4, -0.2) is 28.2 Å². The van der Waals surface area contributed by atoms with E-state index in [9.17, 15) is 9.90 Å². The molecule has 25 heavy (non-hydrogen) atoms. The number of benzene rings is 2. The highest BCUT2D eigenvalue weighted by molar-refractivity contribution is 5.95. The van der Waals surface area contributed by atoms with Gasteiger partial charge in [0.1, 0.15) is 23.7 Å². The van der Waals surface area contributed by atoms with Gasteiger partial charge in [0.25, 0.3) is 0 Å². The normalized spacial score (nSPS) is 10.1. The van der Waals surface area contributed by atoms with Gasteiger partial charge in [0.15, 0.2) is 0 Å². The van der Waals surface area contributed by atoms with E-state index < -0.39 is 5.97 Å². The molecule has 3 rings (SSSR count). The molecule has 0 aliphatic heterocycles. The predicted molar refractivity (Wildman–Crippen MR) is 95.0 cm³/mol. The second kappa shape index (κ2) is 7.31. The largest absolute Gasteiger partial charge is 0.497 e. The number of aromatic nitrogens is 2. The molecule has 1 aromatic heterocycles. The van der Waals surface area contributed by atoms with Gasteiger partial charge < -0.3 is 20.5 Å². The fourth-order valence-electron chi connectivity index (χ4n) is 2.26.